The maximum atomic E-state index is 12.8. The first-order valence-electron chi connectivity index (χ1n) is 10.6. The number of carbonyl (C=O) groups is 1. The van der Waals surface area contributed by atoms with Crippen molar-refractivity contribution in [3.8, 4) is 17.2 Å². The van der Waals surface area contributed by atoms with E-state index >= 15 is 0 Å². The van der Waals surface area contributed by atoms with Gasteiger partial charge in [-0.25, -0.2) is 9.78 Å². The van der Waals surface area contributed by atoms with Crippen LogP contribution in [-0.2, 0) is 0 Å². The lowest BCUT2D eigenvalue weighted by Gasteiger charge is -2.24. The van der Waals surface area contributed by atoms with Gasteiger partial charge in [-0.2, -0.15) is 0 Å². The van der Waals surface area contributed by atoms with Gasteiger partial charge in [0.15, 0.2) is 16.6 Å². The molecule has 0 saturated heterocycles. The normalized spacial score (nSPS) is 10.4. The van der Waals surface area contributed by atoms with E-state index in [-0.39, 0.29) is 0 Å². The van der Waals surface area contributed by atoms with Crippen molar-refractivity contribution in [1.82, 2.24) is 9.97 Å². The van der Waals surface area contributed by atoms with Crippen LogP contribution in [0.15, 0.2) is 66.4 Å². The fourth-order valence-corrected chi connectivity index (χ4v) is 4.21. The molecule has 180 valence electrons. The van der Waals surface area contributed by atoms with Crippen LogP contribution in [0.25, 0.3) is 0 Å². The number of methoxy groups -OCH3 is 3. The number of nitrogens with zero attached hydrogens (tertiary/aromatic N) is 3. The van der Waals surface area contributed by atoms with E-state index in [0.717, 1.165) is 22.1 Å². The summed E-state index contributed by atoms with van der Waals surface area (Å²) in [5, 5.41) is 8.41. The molecule has 4 aromatic rings. The minimum atomic E-state index is -0.420. The van der Waals surface area contributed by atoms with E-state index in [1.165, 1.54) is 32.7 Å². The summed E-state index contributed by atoms with van der Waals surface area (Å²) in [5.74, 6) is 1.33. The summed E-state index contributed by atoms with van der Waals surface area (Å²) in [6.07, 6.45) is 5.26. The molecule has 0 atom stereocenters. The highest BCUT2D eigenvalue weighted by molar-refractivity contribution is 7.13. The number of hydrogen-bond donors (Lipinski definition) is 2. The van der Waals surface area contributed by atoms with E-state index in [0.29, 0.717) is 28.6 Å². The van der Waals surface area contributed by atoms with Crippen molar-refractivity contribution in [2.24, 2.45) is 0 Å². The molecule has 2 amide bonds. The van der Waals surface area contributed by atoms with Crippen molar-refractivity contribution in [3.05, 3.63) is 72.0 Å². The fourth-order valence-electron chi connectivity index (χ4n) is 3.54. The highest BCUT2D eigenvalue weighted by atomic mass is 32.1. The Bertz CT molecular complexity index is 1270. The SMILES string of the molecule is COc1cc(NC(=O)Nc2ccc(C)c(N(c3cccnc3)c3nccs3)c2)cc(OC)c1OC. The van der Waals surface area contributed by atoms with Crippen LogP contribution in [-0.4, -0.2) is 37.3 Å². The number of urea groups is 1. The van der Waals surface area contributed by atoms with E-state index in [4.69, 9.17) is 14.2 Å². The first-order valence-corrected chi connectivity index (χ1v) is 11.5. The number of carbonyl (C=O) groups excluding carboxylic acids is 1. The third-order valence-corrected chi connectivity index (χ3v) is 5.90. The molecule has 0 saturated carbocycles. The number of hydrogen-bond acceptors (Lipinski definition) is 8. The Labute approximate surface area is 207 Å². The molecule has 2 aromatic carbocycles. The van der Waals surface area contributed by atoms with Crippen molar-refractivity contribution in [1.29, 1.82) is 0 Å². The van der Waals surface area contributed by atoms with Gasteiger partial charge in [-0.3, -0.25) is 9.88 Å². The number of aromatic nitrogens is 2. The standard InChI is InChI=1S/C25H25N5O4S/c1-16-7-8-17(12-20(16)30(25-27-10-11-35-25)19-6-5-9-26-15-19)28-24(31)29-18-13-21(32-2)23(34-4)22(14-18)33-3/h5-15H,1-4H3,(H2,28,29,31). The van der Waals surface area contributed by atoms with Crippen LogP contribution >= 0.6 is 11.3 Å². The third-order valence-electron chi connectivity index (χ3n) is 5.15. The molecule has 0 unspecified atom stereocenters. The Morgan fingerprint density at radius 3 is 2.29 bits per heavy atom. The molecule has 0 aliphatic carbocycles. The number of amides is 2. The minimum Gasteiger partial charge on any atom is -0.493 e. The monoisotopic (exact) mass is 491 g/mol. The summed E-state index contributed by atoms with van der Waals surface area (Å²) in [6, 6.07) is 12.4. The van der Waals surface area contributed by atoms with Crippen LogP contribution < -0.4 is 29.7 Å². The van der Waals surface area contributed by atoms with Gasteiger partial charge in [-0.15, -0.1) is 11.3 Å². The summed E-state index contributed by atoms with van der Waals surface area (Å²) in [4.78, 5) is 23.6. The largest absolute Gasteiger partial charge is 0.493 e. The van der Waals surface area contributed by atoms with E-state index in [1.807, 2.05) is 47.5 Å². The predicted molar refractivity (Wildman–Crippen MR) is 138 cm³/mol. The second kappa shape index (κ2) is 10.7. The number of benzene rings is 2. The molecule has 0 aliphatic rings. The summed E-state index contributed by atoms with van der Waals surface area (Å²) in [7, 11) is 4.56. The maximum Gasteiger partial charge on any atom is 0.323 e. The van der Waals surface area contributed by atoms with E-state index in [9.17, 15) is 4.79 Å². The zero-order chi connectivity index (χ0) is 24.8. The maximum absolute atomic E-state index is 12.8. The summed E-state index contributed by atoms with van der Waals surface area (Å²) in [6.45, 7) is 2.01. The van der Waals surface area contributed by atoms with Crippen molar-refractivity contribution in [2.75, 3.05) is 36.9 Å². The number of nitrogens with one attached hydrogen (secondary N) is 2. The third kappa shape index (κ3) is 5.28. The lowest BCUT2D eigenvalue weighted by atomic mass is 10.1. The van der Waals surface area contributed by atoms with E-state index in [2.05, 4.69) is 20.6 Å². The van der Waals surface area contributed by atoms with Crippen molar-refractivity contribution < 1.29 is 19.0 Å². The van der Waals surface area contributed by atoms with Gasteiger partial charge in [0.2, 0.25) is 5.75 Å². The molecule has 10 heteroatoms. The zero-order valence-corrected chi connectivity index (χ0v) is 20.6. The number of ether oxygens (including phenoxy) is 3. The Balaban J connectivity index is 1.60. The Morgan fingerprint density at radius 1 is 0.943 bits per heavy atom. The number of anilines is 5. The second-order valence-corrected chi connectivity index (χ2v) is 8.23. The minimum absolute atomic E-state index is 0.420. The van der Waals surface area contributed by atoms with Gasteiger partial charge in [0.25, 0.3) is 0 Å². The Morgan fingerprint density at radius 2 is 1.69 bits per heavy atom. The number of thiazole rings is 1. The highest BCUT2D eigenvalue weighted by Crippen LogP contribution is 2.40. The molecular formula is C25H25N5O4S. The lowest BCUT2D eigenvalue weighted by Crippen LogP contribution is -2.20. The predicted octanol–water partition coefficient (Wildman–Crippen LogP) is 5.99. The fraction of sp³-hybridized carbons (Fsp3) is 0.160. The van der Waals surface area contributed by atoms with Crippen LogP contribution in [0.5, 0.6) is 17.2 Å². The Hall–Kier alpha value is -4.31. The topological polar surface area (TPSA) is 97.8 Å². The molecule has 2 aromatic heterocycles. The smallest absolute Gasteiger partial charge is 0.323 e. The van der Waals surface area contributed by atoms with Crippen molar-refractivity contribution >= 4 is 45.2 Å². The van der Waals surface area contributed by atoms with Crippen LogP contribution in [0.4, 0.5) is 32.7 Å². The molecule has 0 bridgehead atoms. The lowest BCUT2D eigenvalue weighted by molar-refractivity contribution is 0.262. The van der Waals surface area contributed by atoms with Gasteiger partial charge in [-0.05, 0) is 36.8 Å². The van der Waals surface area contributed by atoms with Gasteiger partial charge < -0.3 is 24.8 Å². The molecular weight excluding hydrogens is 466 g/mol. The average Bonchev–Trinajstić information content (AvgIpc) is 3.40. The molecule has 0 fully saturated rings. The van der Waals surface area contributed by atoms with Crippen LogP contribution in [0, 0.1) is 6.92 Å². The van der Waals surface area contributed by atoms with Gasteiger partial charge in [-0.1, -0.05) is 6.07 Å². The summed E-state index contributed by atoms with van der Waals surface area (Å²) >= 11 is 1.51. The molecule has 4 rings (SSSR count). The first-order chi connectivity index (χ1) is 17.0. The number of pyridine rings is 1. The average molecular weight is 492 g/mol. The quantitative estimate of drug-likeness (QED) is 0.313. The van der Waals surface area contributed by atoms with Gasteiger partial charge >= 0.3 is 6.03 Å². The molecule has 9 nitrogen and oxygen atoms in total. The molecule has 0 spiro atoms. The molecule has 0 aliphatic heterocycles. The van der Waals surface area contributed by atoms with Gasteiger partial charge in [0, 0.05) is 35.6 Å². The van der Waals surface area contributed by atoms with Crippen LogP contribution in [0.3, 0.4) is 0 Å². The number of rotatable bonds is 8. The van der Waals surface area contributed by atoms with Crippen molar-refractivity contribution in [2.45, 2.75) is 6.92 Å². The first kappa shape index (κ1) is 23.8. The highest BCUT2D eigenvalue weighted by Gasteiger charge is 2.18. The molecule has 2 heterocycles. The molecule has 0 radical (unpaired) electrons. The second-order valence-electron chi connectivity index (χ2n) is 7.36. The van der Waals surface area contributed by atoms with Crippen LogP contribution in [0.2, 0.25) is 0 Å². The van der Waals surface area contributed by atoms with E-state index < -0.39 is 6.03 Å². The number of aryl methyl sites for hydroxylation is 1. The van der Waals surface area contributed by atoms with Crippen LogP contribution in [0.1, 0.15) is 5.56 Å². The van der Waals surface area contributed by atoms with E-state index in [1.54, 1.807) is 30.7 Å². The molecule has 35 heavy (non-hydrogen) atoms. The van der Waals surface area contributed by atoms with Gasteiger partial charge in [0.05, 0.1) is 44.6 Å². The summed E-state index contributed by atoms with van der Waals surface area (Å²) in [5.41, 5.74) is 3.85. The molecule has 2 N–H and O–H groups in total. The van der Waals surface area contributed by atoms with Gasteiger partial charge in [0.1, 0.15) is 0 Å². The zero-order valence-electron chi connectivity index (χ0n) is 19.7. The summed E-state index contributed by atoms with van der Waals surface area (Å²) < 4.78 is 16.1. The Kier molecular flexibility index (Phi) is 7.32. The van der Waals surface area contributed by atoms with Crippen molar-refractivity contribution in [3.63, 3.8) is 0 Å².